The Balaban J connectivity index is 2.19. The third kappa shape index (κ3) is 3.29. The van der Waals surface area contributed by atoms with Crippen LogP contribution in [0.3, 0.4) is 0 Å². The molecule has 1 aliphatic carbocycles. The zero-order valence-corrected chi connectivity index (χ0v) is 12.7. The third-order valence-electron chi connectivity index (χ3n) is 3.58. The molecule has 1 aromatic rings. The standard InChI is InChI=1S/C17H23N3/c1-12(2)20(4)15-8-6-14(7-9-15)19-17-10-5-13(3)11-16(17)18/h5-13H,18H2,1-4H3. The van der Waals surface area contributed by atoms with Crippen molar-refractivity contribution in [3.05, 3.63) is 48.2 Å². The van der Waals surface area contributed by atoms with Crippen LogP contribution in [0.2, 0.25) is 0 Å². The topological polar surface area (TPSA) is 41.6 Å². The second kappa shape index (κ2) is 5.95. The Hall–Kier alpha value is -2.03. The van der Waals surface area contributed by atoms with Crippen molar-refractivity contribution in [1.82, 2.24) is 0 Å². The summed E-state index contributed by atoms with van der Waals surface area (Å²) in [5, 5.41) is 0. The molecule has 2 N–H and O–H groups in total. The fraction of sp³-hybridized carbons (Fsp3) is 0.353. The maximum absolute atomic E-state index is 6.01. The summed E-state index contributed by atoms with van der Waals surface area (Å²) in [4.78, 5) is 6.83. The van der Waals surface area contributed by atoms with Gasteiger partial charge in [-0.25, -0.2) is 4.99 Å². The average molecular weight is 269 g/mol. The lowest BCUT2D eigenvalue weighted by Gasteiger charge is -2.23. The second-order valence-corrected chi connectivity index (χ2v) is 5.56. The van der Waals surface area contributed by atoms with Crippen molar-refractivity contribution in [2.24, 2.45) is 16.6 Å². The predicted molar refractivity (Wildman–Crippen MR) is 87.7 cm³/mol. The maximum Gasteiger partial charge on any atom is 0.0860 e. The number of rotatable bonds is 3. The molecule has 0 saturated carbocycles. The molecule has 0 radical (unpaired) electrons. The van der Waals surface area contributed by atoms with Gasteiger partial charge >= 0.3 is 0 Å². The summed E-state index contributed by atoms with van der Waals surface area (Å²) in [5.74, 6) is 0.385. The molecule has 0 fully saturated rings. The van der Waals surface area contributed by atoms with Gasteiger partial charge in [-0.1, -0.05) is 19.1 Å². The Kier molecular flexibility index (Phi) is 4.28. The van der Waals surface area contributed by atoms with Crippen LogP contribution < -0.4 is 10.6 Å². The van der Waals surface area contributed by atoms with Crippen LogP contribution in [0.5, 0.6) is 0 Å². The highest BCUT2D eigenvalue weighted by molar-refractivity contribution is 6.09. The predicted octanol–water partition coefficient (Wildman–Crippen LogP) is 3.65. The van der Waals surface area contributed by atoms with Crippen molar-refractivity contribution in [2.45, 2.75) is 26.8 Å². The van der Waals surface area contributed by atoms with Gasteiger partial charge in [-0.15, -0.1) is 0 Å². The van der Waals surface area contributed by atoms with Crippen molar-refractivity contribution in [3.63, 3.8) is 0 Å². The molecule has 1 aliphatic rings. The lowest BCUT2D eigenvalue weighted by molar-refractivity contribution is 0.755. The van der Waals surface area contributed by atoms with Crippen molar-refractivity contribution >= 4 is 17.1 Å². The lowest BCUT2D eigenvalue weighted by Crippen LogP contribution is -2.25. The largest absolute Gasteiger partial charge is 0.397 e. The molecule has 0 aliphatic heterocycles. The summed E-state index contributed by atoms with van der Waals surface area (Å²) >= 11 is 0. The first-order valence-electron chi connectivity index (χ1n) is 7.05. The van der Waals surface area contributed by atoms with Crippen LogP contribution in [-0.2, 0) is 0 Å². The molecule has 1 aromatic carbocycles. The van der Waals surface area contributed by atoms with E-state index in [9.17, 15) is 0 Å². The van der Waals surface area contributed by atoms with Gasteiger partial charge in [0.25, 0.3) is 0 Å². The van der Waals surface area contributed by atoms with Crippen LogP contribution in [0.25, 0.3) is 0 Å². The Labute approximate surface area is 121 Å². The number of anilines is 1. The van der Waals surface area contributed by atoms with Gasteiger partial charge in [0.15, 0.2) is 0 Å². The third-order valence-corrected chi connectivity index (χ3v) is 3.58. The highest BCUT2D eigenvalue weighted by Gasteiger charge is 2.08. The number of hydrogen-bond acceptors (Lipinski definition) is 3. The van der Waals surface area contributed by atoms with E-state index in [1.807, 2.05) is 24.3 Å². The van der Waals surface area contributed by atoms with Gasteiger partial charge in [-0.05, 0) is 50.1 Å². The zero-order chi connectivity index (χ0) is 14.7. The number of allylic oxidation sites excluding steroid dienone is 3. The molecule has 3 heteroatoms. The van der Waals surface area contributed by atoms with Gasteiger partial charge in [0, 0.05) is 18.8 Å². The zero-order valence-electron chi connectivity index (χ0n) is 12.7. The van der Waals surface area contributed by atoms with E-state index in [0.717, 1.165) is 17.1 Å². The number of nitrogens with two attached hydrogens (primary N) is 1. The lowest BCUT2D eigenvalue weighted by atomic mass is 10.0. The van der Waals surface area contributed by atoms with Gasteiger partial charge in [0.05, 0.1) is 17.1 Å². The smallest absolute Gasteiger partial charge is 0.0860 e. The van der Waals surface area contributed by atoms with E-state index in [-0.39, 0.29) is 0 Å². The van der Waals surface area contributed by atoms with E-state index in [4.69, 9.17) is 5.73 Å². The minimum Gasteiger partial charge on any atom is -0.397 e. The molecule has 0 bridgehead atoms. The maximum atomic E-state index is 6.01. The minimum atomic E-state index is 0.385. The summed E-state index contributed by atoms with van der Waals surface area (Å²) in [6.07, 6.45) is 6.13. The van der Waals surface area contributed by atoms with E-state index in [0.29, 0.717) is 12.0 Å². The van der Waals surface area contributed by atoms with E-state index < -0.39 is 0 Å². The first-order valence-corrected chi connectivity index (χ1v) is 7.05. The Morgan fingerprint density at radius 2 is 1.85 bits per heavy atom. The number of nitrogens with zero attached hydrogens (tertiary/aromatic N) is 2. The summed E-state index contributed by atoms with van der Waals surface area (Å²) in [7, 11) is 2.09. The molecule has 0 saturated heterocycles. The van der Waals surface area contributed by atoms with Crippen LogP contribution in [0, 0.1) is 5.92 Å². The minimum absolute atomic E-state index is 0.385. The summed E-state index contributed by atoms with van der Waals surface area (Å²) < 4.78 is 0. The van der Waals surface area contributed by atoms with E-state index >= 15 is 0 Å². The SMILES string of the molecule is CC1C=CC(=Nc2ccc(N(C)C(C)C)cc2)C(N)=C1. The quantitative estimate of drug-likeness (QED) is 0.910. The van der Waals surface area contributed by atoms with Crippen LogP contribution in [-0.4, -0.2) is 18.8 Å². The Bertz CT molecular complexity index is 550. The molecule has 106 valence electrons. The molecule has 0 aromatic heterocycles. The molecule has 20 heavy (non-hydrogen) atoms. The highest BCUT2D eigenvalue weighted by Crippen LogP contribution is 2.22. The normalized spacial score (nSPS) is 20.4. The first-order chi connectivity index (χ1) is 9.47. The van der Waals surface area contributed by atoms with Gasteiger partial charge < -0.3 is 10.6 Å². The van der Waals surface area contributed by atoms with E-state index in [1.54, 1.807) is 0 Å². The Morgan fingerprint density at radius 1 is 1.20 bits per heavy atom. The molecular weight excluding hydrogens is 246 g/mol. The summed E-state index contributed by atoms with van der Waals surface area (Å²) in [5.41, 5.74) is 9.72. The summed E-state index contributed by atoms with van der Waals surface area (Å²) in [6, 6.07) is 8.72. The van der Waals surface area contributed by atoms with Gasteiger partial charge in [-0.2, -0.15) is 0 Å². The second-order valence-electron chi connectivity index (χ2n) is 5.56. The van der Waals surface area contributed by atoms with Crippen molar-refractivity contribution in [2.75, 3.05) is 11.9 Å². The van der Waals surface area contributed by atoms with E-state index in [2.05, 4.69) is 55.9 Å². The molecule has 2 rings (SSSR count). The number of aliphatic imine (C=N–C) groups is 1. The van der Waals surface area contributed by atoms with Crippen LogP contribution in [0.4, 0.5) is 11.4 Å². The van der Waals surface area contributed by atoms with Crippen molar-refractivity contribution in [1.29, 1.82) is 0 Å². The van der Waals surface area contributed by atoms with Crippen molar-refractivity contribution in [3.8, 4) is 0 Å². The molecular formula is C17H23N3. The van der Waals surface area contributed by atoms with E-state index in [1.165, 1.54) is 5.69 Å². The fourth-order valence-electron chi connectivity index (χ4n) is 2.06. The molecule has 0 amide bonds. The van der Waals surface area contributed by atoms with Crippen LogP contribution >= 0.6 is 0 Å². The molecule has 1 atom stereocenters. The fourth-order valence-corrected chi connectivity index (χ4v) is 2.06. The highest BCUT2D eigenvalue weighted by atomic mass is 15.1. The van der Waals surface area contributed by atoms with Gasteiger partial charge in [0.1, 0.15) is 0 Å². The molecule has 1 unspecified atom stereocenters. The Morgan fingerprint density at radius 3 is 2.40 bits per heavy atom. The monoisotopic (exact) mass is 269 g/mol. The molecule has 3 nitrogen and oxygen atoms in total. The van der Waals surface area contributed by atoms with Gasteiger partial charge in [-0.3, -0.25) is 0 Å². The number of hydrogen-bond donors (Lipinski definition) is 1. The van der Waals surface area contributed by atoms with Crippen molar-refractivity contribution < 1.29 is 0 Å². The first kappa shape index (κ1) is 14.4. The average Bonchev–Trinajstić information content (AvgIpc) is 2.42. The van der Waals surface area contributed by atoms with Crippen LogP contribution in [0.15, 0.2) is 53.2 Å². The van der Waals surface area contributed by atoms with Gasteiger partial charge in [0.2, 0.25) is 0 Å². The molecule has 0 heterocycles. The number of benzene rings is 1. The van der Waals surface area contributed by atoms with Crippen LogP contribution in [0.1, 0.15) is 20.8 Å². The molecule has 0 spiro atoms. The summed E-state index contributed by atoms with van der Waals surface area (Å²) in [6.45, 7) is 6.46.